The Labute approximate surface area is 164 Å². The predicted molar refractivity (Wildman–Crippen MR) is 99.3 cm³/mol. The van der Waals surface area contributed by atoms with Gasteiger partial charge in [0.1, 0.15) is 5.84 Å². The Morgan fingerprint density at radius 3 is 2.90 bits per heavy atom. The molecule has 3 aliphatic rings. The van der Waals surface area contributed by atoms with E-state index in [4.69, 9.17) is 0 Å². The largest absolute Gasteiger partial charge is 0.437 e. The van der Waals surface area contributed by atoms with Crippen molar-refractivity contribution in [2.24, 2.45) is 12.0 Å². The molecular formula is C17H21F3N8O. The van der Waals surface area contributed by atoms with Crippen LogP contribution in [0, 0.1) is 0 Å². The van der Waals surface area contributed by atoms with Crippen LogP contribution in [0.3, 0.4) is 0 Å². The summed E-state index contributed by atoms with van der Waals surface area (Å²) in [6.07, 6.45) is 1.06. The van der Waals surface area contributed by atoms with E-state index in [9.17, 15) is 18.0 Å². The fraction of sp³-hybridized carbons (Fsp3) is 0.471. The van der Waals surface area contributed by atoms with Gasteiger partial charge in [0.15, 0.2) is 11.5 Å². The first-order chi connectivity index (χ1) is 13.8. The van der Waals surface area contributed by atoms with Crippen molar-refractivity contribution in [2.45, 2.75) is 12.6 Å². The molecule has 3 aliphatic heterocycles. The van der Waals surface area contributed by atoms with Gasteiger partial charge in [-0.15, -0.1) is 0 Å². The molecule has 156 valence electrons. The molecule has 0 aliphatic carbocycles. The molecule has 1 saturated heterocycles. The summed E-state index contributed by atoms with van der Waals surface area (Å²) in [7, 11) is 1.37. The first-order valence-corrected chi connectivity index (χ1v) is 9.23. The Morgan fingerprint density at radius 1 is 1.28 bits per heavy atom. The van der Waals surface area contributed by atoms with Crippen LogP contribution in [0.15, 0.2) is 34.9 Å². The van der Waals surface area contributed by atoms with E-state index < -0.39 is 17.8 Å². The zero-order chi connectivity index (χ0) is 20.6. The second-order valence-electron chi connectivity index (χ2n) is 6.90. The van der Waals surface area contributed by atoms with Crippen molar-refractivity contribution in [3.8, 4) is 0 Å². The van der Waals surface area contributed by atoms with Crippen LogP contribution in [0.1, 0.15) is 12.1 Å². The molecule has 0 unspecified atom stereocenters. The number of carbonyl (C=O) groups is 1. The molecule has 0 aromatic carbocycles. The lowest BCUT2D eigenvalue weighted by Gasteiger charge is -2.27. The average molecular weight is 410 g/mol. The number of aromatic nitrogens is 2. The lowest BCUT2D eigenvalue weighted by Crippen LogP contribution is -2.36. The van der Waals surface area contributed by atoms with E-state index in [1.807, 2.05) is 6.08 Å². The second-order valence-corrected chi connectivity index (χ2v) is 6.90. The van der Waals surface area contributed by atoms with Crippen LogP contribution in [0.4, 0.5) is 18.9 Å². The van der Waals surface area contributed by atoms with Crippen molar-refractivity contribution in [3.63, 3.8) is 0 Å². The number of hydrogen-bond acceptors (Lipinski definition) is 7. The third kappa shape index (κ3) is 3.98. The topological polar surface area (TPSA) is 89.8 Å². The van der Waals surface area contributed by atoms with Crippen LogP contribution in [0.5, 0.6) is 0 Å². The number of aliphatic imine (C=N–C) groups is 1. The maximum absolute atomic E-state index is 13.1. The number of hydrazine groups is 1. The van der Waals surface area contributed by atoms with Gasteiger partial charge in [0, 0.05) is 45.6 Å². The van der Waals surface area contributed by atoms with Gasteiger partial charge in [-0.3, -0.25) is 14.5 Å². The molecule has 0 atom stereocenters. The van der Waals surface area contributed by atoms with Gasteiger partial charge in [0.25, 0.3) is 5.91 Å². The second kappa shape index (κ2) is 7.52. The van der Waals surface area contributed by atoms with E-state index in [2.05, 4.69) is 31.1 Å². The summed E-state index contributed by atoms with van der Waals surface area (Å²) < 4.78 is 40.5. The van der Waals surface area contributed by atoms with Crippen LogP contribution in [-0.2, 0) is 18.0 Å². The number of nitrogens with zero attached hydrogens (tertiary/aromatic N) is 5. The highest BCUT2D eigenvalue weighted by Crippen LogP contribution is 2.34. The lowest BCUT2D eigenvalue weighted by atomic mass is 10.2. The van der Waals surface area contributed by atoms with E-state index in [-0.39, 0.29) is 17.8 Å². The van der Waals surface area contributed by atoms with Crippen LogP contribution in [0.2, 0.25) is 0 Å². The number of nitrogens with one attached hydrogen (secondary N) is 3. The van der Waals surface area contributed by atoms with Crippen molar-refractivity contribution in [1.29, 1.82) is 0 Å². The Bertz CT molecular complexity index is 893. The van der Waals surface area contributed by atoms with E-state index >= 15 is 0 Å². The summed E-state index contributed by atoms with van der Waals surface area (Å²) in [4.78, 5) is 19.5. The zero-order valence-electron chi connectivity index (χ0n) is 15.8. The molecule has 1 aromatic rings. The van der Waals surface area contributed by atoms with Crippen molar-refractivity contribution in [2.75, 3.05) is 38.0 Å². The first-order valence-electron chi connectivity index (χ1n) is 9.23. The molecular weight excluding hydrogens is 389 g/mol. The smallest absolute Gasteiger partial charge is 0.355 e. The van der Waals surface area contributed by atoms with Gasteiger partial charge in [-0.1, -0.05) is 0 Å². The Kier molecular flexibility index (Phi) is 5.04. The van der Waals surface area contributed by atoms with Gasteiger partial charge >= 0.3 is 6.18 Å². The fourth-order valence-corrected chi connectivity index (χ4v) is 3.42. The number of halogens is 3. The molecule has 0 radical (unpaired) electrons. The number of hydrogen-bond donors (Lipinski definition) is 3. The number of amidine groups is 1. The number of amides is 1. The predicted octanol–water partition coefficient (Wildman–Crippen LogP) is 0.630. The minimum Gasteiger partial charge on any atom is -0.355 e. The molecule has 3 N–H and O–H groups in total. The summed E-state index contributed by atoms with van der Waals surface area (Å²) in [6.45, 7) is 3.55. The number of rotatable bonds is 2. The molecule has 0 spiro atoms. The summed E-state index contributed by atoms with van der Waals surface area (Å²) in [5.74, 6) is 0.463. The molecule has 29 heavy (non-hydrogen) atoms. The van der Waals surface area contributed by atoms with E-state index in [1.165, 1.54) is 7.05 Å². The normalized spacial score (nSPS) is 19.9. The quantitative estimate of drug-likeness (QED) is 0.663. The number of fused-ring (bicyclic) bond motifs is 1. The maximum Gasteiger partial charge on any atom is 0.437 e. The highest BCUT2D eigenvalue weighted by atomic mass is 19.4. The van der Waals surface area contributed by atoms with Gasteiger partial charge in [0.2, 0.25) is 0 Å². The van der Waals surface area contributed by atoms with Gasteiger partial charge in [-0.25, -0.2) is 10.4 Å². The third-order valence-corrected chi connectivity index (χ3v) is 4.80. The van der Waals surface area contributed by atoms with Crippen molar-refractivity contribution < 1.29 is 18.0 Å². The van der Waals surface area contributed by atoms with Crippen LogP contribution >= 0.6 is 0 Å². The zero-order valence-corrected chi connectivity index (χ0v) is 15.8. The van der Waals surface area contributed by atoms with Crippen LogP contribution in [-0.4, -0.2) is 64.2 Å². The van der Waals surface area contributed by atoms with Gasteiger partial charge in [0.05, 0.1) is 11.3 Å². The highest BCUT2D eigenvalue weighted by Gasteiger charge is 2.38. The van der Waals surface area contributed by atoms with E-state index in [0.717, 1.165) is 49.3 Å². The first kappa shape index (κ1) is 19.5. The summed E-state index contributed by atoms with van der Waals surface area (Å²) in [6, 6.07) is 0. The number of anilines is 1. The molecule has 9 nitrogen and oxygen atoms in total. The standard InChI is InChI=1S/C17H21F3N8O/c1-26-10-12(14(25-26)17(18,19)20)23-16(29)11-9-22-28-7-3-13(24-15(11)28)27-6-2-4-21-5-8-27/h3,7,10,21-22H,2,4-6,8-9H2,1H3,(H,23,29). The SMILES string of the molecule is Cn1cc(NC(=O)C2=C3N=C(N4CCCNCC4)C=CN3NC2)c(C(F)(F)F)n1. The minimum absolute atomic E-state index is 0.158. The van der Waals surface area contributed by atoms with Gasteiger partial charge < -0.3 is 15.5 Å². The minimum atomic E-state index is -4.67. The molecule has 1 aromatic heterocycles. The van der Waals surface area contributed by atoms with Crippen molar-refractivity contribution in [3.05, 3.63) is 35.6 Å². The molecule has 0 saturated carbocycles. The Morgan fingerprint density at radius 2 is 2.10 bits per heavy atom. The molecule has 4 heterocycles. The van der Waals surface area contributed by atoms with Crippen molar-refractivity contribution in [1.82, 2.24) is 30.4 Å². The fourth-order valence-electron chi connectivity index (χ4n) is 3.42. The molecule has 1 fully saturated rings. The Balaban J connectivity index is 1.59. The molecule has 12 heteroatoms. The monoisotopic (exact) mass is 410 g/mol. The van der Waals surface area contributed by atoms with E-state index in [1.54, 1.807) is 11.2 Å². The summed E-state index contributed by atoms with van der Waals surface area (Å²) in [5, 5.41) is 10.7. The molecule has 1 amide bonds. The summed E-state index contributed by atoms with van der Waals surface area (Å²) >= 11 is 0. The average Bonchev–Trinajstić information content (AvgIpc) is 3.14. The third-order valence-electron chi connectivity index (χ3n) is 4.80. The summed E-state index contributed by atoms with van der Waals surface area (Å²) in [5.41, 5.74) is 1.74. The Hall–Kier alpha value is -2.86. The molecule has 0 bridgehead atoms. The van der Waals surface area contributed by atoms with Crippen molar-refractivity contribution >= 4 is 17.4 Å². The molecule has 4 rings (SSSR count). The number of alkyl halides is 3. The van der Waals surface area contributed by atoms with Gasteiger partial charge in [-0.05, 0) is 19.0 Å². The lowest BCUT2D eigenvalue weighted by molar-refractivity contribution is -0.140. The highest BCUT2D eigenvalue weighted by molar-refractivity contribution is 6.06. The number of aryl methyl sites for hydroxylation is 1. The van der Waals surface area contributed by atoms with Gasteiger partial charge in [-0.2, -0.15) is 18.3 Å². The maximum atomic E-state index is 13.1. The van der Waals surface area contributed by atoms with Crippen LogP contribution in [0.25, 0.3) is 0 Å². The van der Waals surface area contributed by atoms with E-state index in [0.29, 0.717) is 5.82 Å². The number of carbonyl (C=O) groups excluding carboxylic acids is 1. The van der Waals surface area contributed by atoms with Crippen LogP contribution < -0.4 is 16.1 Å².